The highest BCUT2D eigenvalue weighted by atomic mass is 16.6. The number of ether oxygens (including phenoxy) is 5. The fraction of sp³-hybridized carbons (Fsp3) is 0.519. The van der Waals surface area contributed by atoms with Gasteiger partial charge in [-0.25, -0.2) is 0 Å². The van der Waals surface area contributed by atoms with Crippen molar-refractivity contribution in [3.63, 3.8) is 0 Å². The van der Waals surface area contributed by atoms with Gasteiger partial charge in [0.05, 0.1) is 45.7 Å². The molecule has 0 radical (unpaired) electrons. The first-order chi connectivity index (χ1) is 29.6. The Morgan fingerprint density at radius 2 is 1.05 bits per heavy atom. The van der Waals surface area contributed by atoms with E-state index in [1.807, 2.05) is 12.1 Å². The van der Waals surface area contributed by atoms with E-state index < -0.39 is 6.10 Å². The number of rotatable bonds is 21. The molecule has 0 spiro atoms. The number of likely N-dealkylation sites (tertiary alicyclic amines) is 1. The first-order valence-corrected chi connectivity index (χ1v) is 23.0. The quantitative estimate of drug-likeness (QED) is 0.0617. The van der Waals surface area contributed by atoms with Crippen molar-refractivity contribution in [2.45, 2.75) is 128 Å². The van der Waals surface area contributed by atoms with Crippen LogP contribution in [0.15, 0.2) is 121 Å². The summed E-state index contributed by atoms with van der Waals surface area (Å²) in [5.74, 6) is 10.3. The van der Waals surface area contributed by atoms with E-state index >= 15 is 0 Å². The van der Waals surface area contributed by atoms with E-state index in [2.05, 4.69) is 133 Å². The highest BCUT2D eigenvalue weighted by Gasteiger charge is 2.52. The summed E-state index contributed by atoms with van der Waals surface area (Å²) in [5.41, 5.74) is 4.95. The van der Waals surface area contributed by atoms with Gasteiger partial charge in [-0.1, -0.05) is 141 Å². The Morgan fingerprint density at radius 1 is 0.567 bits per heavy atom. The molecule has 0 N–H and O–H groups in total. The van der Waals surface area contributed by atoms with E-state index in [1.165, 1.54) is 38.5 Å². The molecule has 6 heteroatoms. The lowest BCUT2D eigenvalue weighted by atomic mass is 9.50. The Hall–Kier alpha value is -3.80. The summed E-state index contributed by atoms with van der Waals surface area (Å²) >= 11 is 0. The molecule has 4 aromatic carbocycles. The molecular formula is C54H67NO5. The molecule has 60 heavy (non-hydrogen) atoms. The van der Waals surface area contributed by atoms with Crippen molar-refractivity contribution in [3.05, 3.63) is 144 Å². The Labute approximate surface area is 360 Å². The van der Waals surface area contributed by atoms with Crippen LogP contribution >= 0.6 is 0 Å². The maximum Gasteiger partial charge on any atom is 0.114 e. The lowest BCUT2D eigenvalue weighted by molar-refractivity contribution is -0.221. The second kappa shape index (κ2) is 21.8. The minimum absolute atomic E-state index is 0.121. The summed E-state index contributed by atoms with van der Waals surface area (Å²) in [5, 5.41) is 0. The van der Waals surface area contributed by atoms with Gasteiger partial charge in [0.2, 0.25) is 0 Å². The summed E-state index contributed by atoms with van der Waals surface area (Å²) in [6, 6.07) is 41.4. The SMILES string of the molecule is CCCCN1[C@H](COCc2ccccc2)[C@@H](OCc2ccccc2)[C@H](OCc2ccccc2)[C@@H](OCc2ccccc2)[C@@H]1C#CCCCOCC12CC3CC(CC(C3)C1)C2. The predicted molar refractivity (Wildman–Crippen MR) is 239 cm³/mol. The van der Waals surface area contributed by atoms with Gasteiger partial charge in [0.25, 0.3) is 0 Å². The molecule has 0 amide bonds. The standard InChI is InChI=1S/C54H67NO5/c1-2-3-28-55-49(27-17-8-18-29-56-41-54-33-46-30-47(34-54)32-48(31-46)35-54)51(58-37-43-21-11-5-12-22-43)53(60-39-45-25-15-7-16-26-45)52(59-38-44-23-13-6-14-24-44)50(55)40-57-36-42-19-9-4-10-20-42/h4-7,9-16,19-26,46-53H,2-3,8,18,28-41H2,1H3/t46?,47?,48?,49-,50+,51-,52+,53+,54?/m0/s1. The zero-order valence-corrected chi connectivity index (χ0v) is 35.9. The van der Waals surface area contributed by atoms with Crippen molar-refractivity contribution in [2.24, 2.45) is 23.2 Å². The highest BCUT2D eigenvalue weighted by molar-refractivity contribution is 5.21. The number of piperidine rings is 1. The number of hydrogen-bond donors (Lipinski definition) is 0. The van der Waals surface area contributed by atoms with Crippen LogP contribution in [0, 0.1) is 35.0 Å². The average Bonchev–Trinajstić information content (AvgIpc) is 3.27. The van der Waals surface area contributed by atoms with Gasteiger partial charge in [0.1, 0.15) is 24.4 Å². The molecule has 6 nitrogen and oxygen atoms in total. The Kier molecular flexibility index (Phi) is 15.6. The third-order valence-electron chi connectivity index (χ3n) is 13.6. The van der Waals surface area contributed by atoms with Crippen molar-refractivity contribution in [3.8, 4) is 11.8 Å². The van der Waals surface area contributed by atoms with E-state index in [9.17, 15) is 0 Å². The van der Waals surface area contributed by atoms with Crippen molar-refractivity contribution >= 4 is 0 Å². The summed E-state index contributed by atoms with van der Waals surface area (Å²) < 4.78 is 34.4. The van der Waals surface area contributed by atoms with Crippen LogP contribution in [0.4, 0.5) is 0 Å². The van der Waals surface area contributed by atoms with Gasteiger partial charge in [-0.15, -0.1) is 5.92 Å². The lowest BCUT2D eigenvalue weighted by Crippen LogP contribution is -2.68. The van der Waals surface area contributed by atoms with Crippen LogP contribution in [0.2, 0.25) is 0 Å². The van der Waals surface area contributed by atoms with Crippen LogP contribution in [-0.2, 0) is 50.1 Å². The summed E-state index contributed by atoms with van der Waals surface area (Å²) in [7, 11) is 0. The molecule has 318 valence electrons. The molecule has 1 saturated heterocycles. The number of benzene rings is 4. The molecule has 1 aliphatic heterocycles. The van der Waals surface area contributed by atoms with E-state index in [-0.39, 0.29) is 24.3 Å². The molecule has 4 aromatic rings. The third kappa shape index (κ3) is 11.6. The summed E-state index contributed by atoms with van der Waals surface area (Å²) in [6.07, 6.45) is 11.2. The molecule has 9 rings (SSSR count). The van der Waals surface area contributed by atoms with Crippen LogP contribution in [0.25, 0.3) is 0 Å². The fourth-order valence-electron chi connectivity index (χ4n) is 11.1. The number of unbranched alkanes of at least 4 members (excludes halogenated alkanes) is 2. The summed E-state index contributed by atoms with van der Waals surface area (Å²) in [4.78, 5) is 2.54. The normalized spacial score (nSPS) is 28.4. The molecule has 4 saturated carbocycles. The Balaban J connectivity index is 1.06. The lowest BCUT2D eigenvalue weighted by Gasteiger charge is -2.56. The molecule has 0 aromatic heterocycles. The molecule has 4 aliphatic carbocycles. The van der Waals surface area contributed by atoms with Crippen LogP contribution in [0.5, 0.6) is 0 Å². The van der Waals surface area contributed by atoms with Gasteiger partial charge in [-0.2, -0.15) is 0 Å². The van der Waals surface area contributed by atoms with Crippen molar-refractivity contribution in [1.29, 1.82) is 0 Å². The van der Waals surface area contributed by atoms with E-state index in [0.29, 0.717) is 38.4 Å². The first kappa shape index (κ1) is 42.9. The van der Waals surface area contributed by atoms with Gasteiger partial charge in [0, 0.05) is 13.0 Å². The molecule has 5 aliphatic rings. The van der Waals surface area contributed by atoms with Crippen LogP contribution in [0.1, 0.15) is 93.4 Å². The van der Waals surface area contributed by atoms with Gasteiger partial charge in [-0.3, -0.25) is 4.90 Å². The molecule has 5 fully saturated rings. The number of hydrogen-bond acceptors (Lipinski definition) is 6. The van der Waals surface area contributed by atoms with Crippen molar-refractivity contribution in [2.75, 3.05) is 26.4 Å². The molecule has 5 atom stereocenters. The van der Waals surface area contributed by atoms with Gasteiger partial charge in [0.15, 0.2) is 0 Å². The van der Waals surface area contributed by atoms with Crippen molar-refractivity contribution in [1.82, 2.24) is 4.90 Å². The van der Waals surface area contributed by atoms with Crippen LogP contribution in [-0.4, -0.2) is 61.7 Å². The zero-order chi connectivity index (χ0) is 40.8. The molecule has 0 unspecified atom stereocenters. The third-order valence-corrected chi connectivity index (χ3v) is 13.6. The van der Waals surface area contributed by atoms with E-state index in [4.69, 9.17) is 23.7 Å². The average molecular weight is 810 g/mol. The minimum atomic E-state index is -0.413. The second-order valence-electron chi connectivity index (χ2n) is 18.3. The van der Waals surface area contributed by atoms with Crippen LogP contribution < -0.4 is 0 Å². The highest BCUT2D eigenvalue weighted by Crippen LogP contribution is 2.60. The van der Waals surface area contributed by atoms with E-state index in [0.717, 1.165) is 85.4 Å². The van der Waals surface area contributed by atoms with Gasteiger partial charge < -0.3 is 23.7 Å². The molecule has 4 bridgehead atoms. The van der Waals surface area contributed by atoms with Crippen LogP contribution in [0.3, 0.4) is 0 Å². The smallest absolute Gasteiger partial charge is 0.114 e. The molecular weight excluding hydrogens is 743 g/mol. The first-order valence-electron chi connectivity index (χ1n) is 23.0. The van der Waals surface area contributed by atoms with Crippen molar-refractivity contribution < 1.29 is 23.7 Å². The Morgan fingerprint density at radius 3 is 1.57 bits per heavy atom. The minimum Gasteiger partial charge on any atom is -0.381 e. The Bertz CT molecular complexity index is 1860. The molecule has 1 heterocycles. The zero-order valence-electron chi connectivity index (χ0n) is 35.9. The predicted octanol–water partition coefficient (Wildman–Crippen LogP) is 10.8. The summed E-state index contributed by atoms with van der Waals surface area (Å²) in [6.45, 7) is 7.16. The monoisotopic (exact) mass is 810 g/mol. The largest absolute Gasteiger partial charge is 0.381 e. The second-order valence-corrected chi connectivity index (χ2v) is 18.3. The number of nitrogens with zero attached hydrogens (tertiary/aromatic N) is 1. The maximum atomic E-state index is 7.10. The van der Waals surface area contributed by atoms with E-state index in [1.54, 1.807) is 0 Å². The van der Waals surface area contributed by atoms with Gasteiger partial charge >= 0.3 is 0 Å². The van der Waals surface area contributed by atoms with Gasteiger partial charge in [-0.05, 0) is 103 Å². The maximum absolute atomic E-state index is 7.10. The topological polar surface area (TPSA) is 49.4 Å². The fourth-order valence-corrected chi connectivity index (χ4v) is 11.1.